The van der Waals surface area contributed by atoms with Gasteiger partial charge in [-0.15, -0.1) is 0 Å². The minimum atomic E-state index is -1.30. The van der Waals surface area contributed by atoms with Crippen LogP contribution in [0.15, 0.2) is 66.7 Å². The predicted molar refractivity (Wildman–Crippen MR) is 120 cm³/mol. The van der Waals surface area contributed by atoms with E-state index in [9.17, 15) is 19.4 Å². The highest BCUT2D eigenvalue weighted by Gasteiger charge is 2.29. The van der Waals surface area contributed by atoms with Crippen molar-refractivity contribution in [2.75, 3.05) is 13.2 Å². The normalized spacial score (nSPS) is 14.4. The maximum Gasteiger partial charge on any atom is 0.407 e. The minimum Gasteiger partial charge on any atom is -0.449 e. The van der Waals surface area contributed by atoms with Gasteiger partial charge in [0.15, 0.2) is 0 Å². The van der Waals surface area contributed by atoms with Gasteiger partial charge >= 0.3 is 6.09 Å². The molecular formula is C25H23ClFNO4. The first kappa shape index (κ1) is 22.3. The molecule has 0 saturated carbocycles. The van der Waals surface area contributed by atoms with Gasteiger partial charge < -0.3 is 20.3 Å². The smallest absolute Gasteiger partial charge is 0.407 e. The van der Waals surface area contributed by atoms with Crippen LogP contribution in [0.3, 0.4) is 0 Å². The number of benzene rings is 3. The van der Waals surface area contributed by atoms with E-state index in [1.165, 1.54) is 12.1 Å². The Labute approximate surface area is 190 Å². The highest BCUT2D eigenvalue weighted by atomic mass is 35.5. The lowest BCUT2D eigenvalue weighted by molar-refractivity contribution is 0.0135. The second-order valence-electron chi connectivity index (χ2n) is 7.73. The van der Waals surface area contributed by atoms with Gasteiger partial charge in [0.05, 0.1) is 11.1 Å². The lowest BCUT2D eigenvalue weighted by Gasteiger charge is -2.19. The van der Waals surface area contributed by atoms with Crippen LogP contribution in [-0.2, 0) is 4.74 Å². The minimum absolute atomic E-state index is 0.0413. The van der Waals surface area contributed by atoms with Gasteiger partial charge in [-0.2, -0.15) is 0 Å². The molecule has 4 rings (SSSR count). The van der Waals surface area contributed by atoms with Crippen LogP contribution in [0.1, 0.15) is 35.1 Å². The molecule has 166 valence electrons. The lowest BCUT2D eigenvalue weighted by Crippen LogP contribution is -2.30. The van der Waals surface area contributed by atoms with Crippen molar-refractivity contribution in [1.29, 1.82) is 0 Å². The van der Waals surface area contributed by atoms with E-state index in [2.05, 4.69) is 17.4 Å². The van der Waals surface area contributed by atoms with E-state index in [0.717, 1.165) is 28.3 Å². The number of aliphatic hydroxyl groups excluding tert-OH is 2. The summed E-state index contributed by atoms with van der Waals surface area (Å²) in [5.74, 6) is -0.715. The molecule has 2 atom stereocenters. The Hall–Kier alpha value is -2.93. The summed E-state index contributed by atoms with van der Waals surface area (Å²) in [5.41, 5.74) is 4.74. The number of rotatable bonds is 7. The highest BCUT2D eigenvalue weighted by Crippen LogP contribution is 2.44. The van der Waals surface area contributed by atoms with Crippen LogP contribution >= 0.6 is 11.6 Å². The molecule has 0 spiro atoms. The van der Waals surface area contributed by atoms with Crippen molar-refractivity contribution in [3.8, 4) is 11.1 Å². The van der Waals surface area contributed by atoms with Crippen molar-refractivity contribution in [3.63, 3.8) is 0 Å². The number of carbonyl (C=O) groups excluding carboxylic acids is 1. The van der Waals surface area contributed by atoms with E-state index in [4.69, 9.17) is 16.3 Å². The van der Waals surface area contributed by atoms with Gasteiger partial charge in [0.1, 0.15) is 18.5 Å². The van der Waals surface area contributed by atoms with Crippen molar-refractivity contribution < 1.29 is 24.1 Å². The van der Waals surface area contributed by atoms with E-state index in [1.807, 2.05) is 36.4 Å². The molecule has 0 fully saturated rings. The number of fused-ring (bicyclic) bond motifs is 3. The van der Waals surface area contributed by atoms with Crippen LogP contribution in [0.4, 0.5) is 9.18 Å². The molecule has 0 aromatic heterocycles. The van der Waals surface area contributed by atoms with E-state index in [1.54, 1.807) is 0 Å². The molecule has 1 aliphatic rings. The maximum absolute atomic E-state index is 13.6. The van der Waals surface area contributed by atoms with Gasteiger partial charge in [0.2, 0.25) is 0 Å². The average Bonchev–Trinajstić information content (AvgIpc) is 3.12. The van der Waals surface area contributed by atoms with Crippen LogP contribution in [0.2, 0.25) is 5.02 Å². The zero-order valence-corrected chi connectivity index (χ0v) is 17.9. The Kier molecular flexibility index (Phi) is 6.74. The summed E-state index contributed by atoms with van der Waals surface area (Å²) in [7, 11) is 0. The molecule has 0 heterocycles. The second kappa shape index (κ2) is 9.69. The van der Waals surface area contributed by atoms with Crippen LogP contribution in [0, 0.1) is 5.82 Å². The van der Waals surface area contributed by atoms with Gasteiger partial charge in [0, 0.05) is 12.5 Å². The standard InChI is InChI=1S/C25H23ClFNO4/c26-21-10-9-15(13-22(21)27)24(30)23(29)11-12-28-25(31)32-14-20-18-7-3-1-5-16(18)17-6-2-4-8-19(17)20/h1-10,13,20,23-24,29-30H,11-12,14H2,(H,28,31). The third-order valence-corrected chi connectivity index (χ3v) is 6.01. The zero-order valence-electron chi connectivity index (χ0n) is 17.2. The third-order valence-electron chi connectivity index (χ3n) is 5.70. The fourth-order valence-corrected chi connectivity index (χ4v) is 4.17. The zero-order chi connectivity index (χ0) is 22.7. The first-order valence-electron chi connectivity index (χ1n) is 10.4. The van der Waals surface area contributed by atoms with Crippen LogP contribution < -0.4 is 5.32 Å². The van der Waals surface area contributed by atoms with Gasteiger partial charge in [-0.1, -0.05) is 66.2 Å². The number of ether oxygens (including phenoxy) is 1. The Morgan fingerprint density at radius 1 is 1.03 bits per heavy atom. The highest BCUT2D eigenvalue weighted by molar-refractivity contribution is 6.30. The van der Waals surface area contributed by atoms with E-state index in [-0.39, 0.29) is 36.1 Å². The summed E-state index contributed by atoms with van der Waals surface area (Å²) >= 11 is 5.64. The number of hydrogen-bond donors (Lipinski definition) is 3. The first-order valence-corrected chi connectivity index (χ1v) is 10.7. The van der Waals surface area contributed by atoms with Gasteiger partial charge in [-0.05, 0) is 46.4 Å². The molecule has 3 aromatic carbocycles. The van der Waals surface area contributed by atoms with Gasteiger partial charge in [-0.3, -0.25) is 0 Å². The van der Waals surface area contributed by atoms with E-state index in [0.29, 0.717) is 0 Å². The number of nitrogens with one attached hydrogen (secondary N) is 1. The molecule has 0 aliphatic heterocycles. The number of alkyl carbamates (subject to hydrolysis) is 1. The number of aliphatic hydroxyl groups is 2. The number of hydrogen-bond acceptors (Lipinski definition) is 4. The van der Waals surface area contributed by atoms with Crippen molar-refractivity contribution in [1.82, 2.24) is 5.32 Å². The summed E-state index contributed by atoms with van der Waals surface area (Å²) in [6.07, 6.45) is -3.03. The average molecular weight is 456 g/mol. The number of halogens is 2. The third kappa shape index (κ3) is 4.63. The molecular weight excluding hydrogens is 433 g/mol. The van der Waals surface area contributed by atoms with E-state index < -0.39 is 24.1 Å². The molecule has 0 bridgehead atoms. The second-order valence-corrected chi connectivity index (χ2v) is 8.13. The molecule has 2 unspecified atom stereocenters. The molecule has 3 N–H and O–H groups in total. The topological polar surface area (TPSA) is 78.8 Å². The van der Waals surface area contributed by atoms with Gasteiger partial charge in [0.25, 0.3) is 0 Å². The summed E-state index contributed by atoms with van der Waals surface area (Å²) in [6, 6.07) is 20.0. The fourth-order valence-electron chi connectivity index (χ4n) is 4.05. The molecule has 7 heteroatoms. The first-order chi connectivity index (χ1) is 15.5. The largest absolute Gasteiger partial charge is 0.449 e. The monoisotopic (exact) mass is 455 g/mol. The van der Waals surface area contributed by atoms with Crippen LogP contribution in [0.5, 0.6) is 0 Å². The Bertz CT molecular complexity index is 1080. The maximum atomic E-state index is 13.6. The Morgan fingerprint density at radius 3 is 2.28 bits per heavy atom. The quantitative estimate of drug-likeness (QED) is 0.478. The summed E-state index contributed by atoms with van der Waals surface area (Å²) in [4.78, 5) is 12.2. The fraction of sp³-hybridized carbons (Fsp3) is 0.240. The molecule has 3 aromatic rings. The van der Waals surface area contributed by atoms with Crippen LogP contribution in [0.25, 0.3) is 11.1 Å². The summed E-state index contributed by atoms with van der Waals surface area (Å²) in [6.45, 7) is 0.278. The van der Waals surface area contributed by atoms with E-state index >= 15 is 0 Å². The predicted octanol–water partition coefficient (Wildman–Crippen LogP) is 4.80. The SMILES string of the molecule is O=C(NCCC(O)C(O)c1ccc(Cl)c(F)c1)OCC1c2ccccc2-c2ccccc21. The van der Waals surface area contributed by atoms with Crippen molar-refractivity contribution in [2.45, 2.75) is 24.5 Å². The van der Waals surface area contributed by atoms with Gasteiger partial charge in [-0.25, -0.2) is 9.18 Å². The number of carbonyl (C=O) groups is 1. The molecule has 1 aliphatic carbocycles. The molecule has 0 saturated heterocycles. The number of amides is 1. The molecule has 5 nitrogen and oxygen atoms in total. The summed E-state index contributed by atoms with van der Waals surface area (Å²) in [5, 5.41) is 22.9. The van der Waals surface area contributed by atoms with Crippen molar-refractivity contribution in [2.24, 2.45) is 0 Å². The Balaban J connectivity index is 1.28. The van der Waals surface area contributed by atoms with Crippen LogP contribution in [-0.4, -0.2) is 35.6 Å². The molecule has 0 radical (unpaired) electrons. The van der Waals surface area contributed by atoms with Crippen molar-refractivity contribution in [3.05, 3.63) is 94.3 Å². The molecule has 1 amide bonds. The Morgan fingerprint density at radius 2 is 1.66 bits per heavy atom. The lowest BCUT2D eigenvalue weighted by atomic mass is 9.98. The van der Waals surface area contributed by atoms with Crippen molar-refractivity contribution >= 4 is 17.7 Å². The molecule has 32 heavy (non-hydrogen) atoms. The summed E-state index contributed by atoms with van der Waals surface area (Å²) < 4.78 is 19.0.